The number of carbonyl (C=O) groups is 2. The van der Waals surface area contributed by atoms with Gasteiger partial charge in [-0.1, -0.05) is 38.1 Å². The number of hydrogen-bond donors (Lipinski definition) is 1. The molecule has 35 heavy (non-hydrogen) atoms. The minimum Gasteiger partial charge on any atom is -0.387 e. The lowest BCUT2D eigenvalue weighted by Gasteiger charge is -2.29. The molecule has 4 rings (SSSR count). The Morgan fingerprint density at radius 2 is 1.74 bits per heavy atom. The summed E-state index contributed by atoms with van der Waals surface area (Å²) in [5.74, 6) is 0.576. The quantitative estimate of drug-likeness (QED) is 0.586. The Labute approximate surface area is 208 Å². The van der Waals surface area contributed by atoms with Crippen LogP contribution in [0.5, 0.6) is 0 Å². The Morgan fingerprint density at radius 3 is 2.40 bits per heavy atom. The van der Waals surface area contributed by atoms with E-state index in [2.05, 4.69) is 25.8 Å². The third-order valence-corrected chi connectivity index (χ3v) is 6.98. The number of nitrogens with zero attached hydrogens (tertiary/aromatic N) is 3. The van der Waals surface area contributed by atoms with Crippen molar-refractivity contribution in [2.75, 3.05) is 19.6 Å². The van der Waals surface area contributed by atoms with Gasteiger partial charge in [0.1, 0.15) is 5.84 Å². The van der Waals surface area contributed by atoms with Crippen LogP contribution < -0.4 is 5.73 Å². The van der Waals surface area contributed by atoms with E-state index in [1.165, 1.54) is 0 Å². The minimum atomic E-state index is 0.0366. The van der Waals surface area contributed by atoms with Crippen LogP contribution in [0.25, 0.3) is 17.2 Å². The largest absolute Gasteiger partial charge is 0.387 e. The van der Waals surface area contributed by atoms with E-state index < -0.39 is 0 Å². The summed E-state index contributed by atoms with van der Waals surface area (Å²) in [6.07, 6.45) is 6.26. The number of nitrogens with two attached hydrogens (primary N) is 1. The minimum absolute atomic E-state index is 0.0366. The van der Waals surface area contributed by atoms with E-state index in [9.17, 15) is 9.59 Å². The van der Waals surface area contributed by atoms with Gasteiger partial charge in [-0.3, -0.25) is 9.59 Å². The van der Waals surface area contributed by atoms with Crippen LogP contribution in [0.1, 0.15) is 68.8 Å². The molecule has 2 N–H and O–H groups in total. The highest BCUT2D eigenvalue weighted by atomic mass is 16.2. The topological polar surface area (TPSA) is 79.0 Å². The second-order valence-corrected chi connectivity index (χ2v) is 9.56. The van der Waals surface area contributed by atoms with E-state index in [1.54, 1.807) is 0 Å². The molecule has 0 radical (unpaired) electrons. The Kier molecular flexibility index (Phi) is 7.69. The van der Waals surface area contributed by atoms with E-state index in [4.69, 9.17) is 5.73 Å². The summed E-state index contributed by atoms with van der Waals surface area (Å²) in [4.78, 5) is 34.5. The molecule has 2 aliphatic heterocycles. The molecule has 1 atom stereocenters. The number of amidine groups is 1. The van der Waals surface area contributed by atoms with E-state index in [1.807, 2.05) is 58.3 Å². The maximum Gasteiger partial charge on any atom is 0.253 e. The van der Waals surface area contributed by atoms with Gasteiger partial charge in [0, 0.05) is 48.8 Å². The maximum absolute atomic E-state index is 13.4. The van der Waals surface area contributed by atoms with Crippen molar-refractivity contribution in [3.05, 3.63) is 59.2 Å². The standard InChI is InChI=1S/C29H36N4O2/c1-4-14-33(20(3)5-2)29(35)25-17-24-13-12-23(18-26(24)31-27(30)19-25)21-8-10-22(11-9-21)28(34)32-15-6-7-16-32/h8-13,17-18,20H,4-7,14-16,19H2,1-3H3,(H2,30,31). The third-order valence-electron chi connectivity index (χ3n) is 6.98. The predicted molar refractivity (Wildman–Crippen MR) is 143 cm³/mol. The van der Waals surface area contributed by atoms with Crippen molar-refractivity contribution in [2.45, 2.75) is 58.9 Å². The summed E-state index contributed by atoms with van der Waals surface area (Å²) < 4.78 is 0. The highest BCUT2D eigenvalue weighted by Gasteiger charge is 2.24. The van der Waals surface area contributed by atoms with Crippen LogP contribution >= 0.6 is 0 Å². The van der Waals surface area contributed by atoms with Gasteiger partial charge < -0.3 is 15.5 Å². The molecule has 1 saturated heterocycles. The van der Waals surface area contributed by atoms with E-state index in [0.29, 0.717) is 17.8 Å². The molecule has 0 saturated carbocycles. The summed E-state index contributed by atoms with van der Waals surface area (Å²) in [6, 6.07) is 14.0. The third kappa shape index (κ3) is 5.47. The van der Waals surface area contributed by atoms with Crippen LogP contribution in [0.2, 0.25) is 0 Å². The number of carbonyl (C=O) groups excluding carboxylic acids is 2. The van der Waals surface area contributed by atoms with E-state index in [0.717, 1.165) is 73.3 Å². The fraction of sp³-hybridized carbons (Fsp3) is 0.414. The lowest BCUT2D eigenvalue weighted by Crippen LogP contribution is -2.40. The first kappa shape index (κ1) is 24.7. The molecular formula is C29H36N4O2. The lowest BCUT2D eigenvalue weighted by atomic mass is 9.99. The molecule has 2 amide bonds. The zero-order valence-corrected chi connectivity index (χ0v) is 21.1. The second-order valence-electron chi connectivity index (χ2n) is 9.56. The van der Waals surface area contributed by atoms with Crippen LogP contribution in [0, 0.1) is 0 Å². The fourth-order valence-corrected chi connectivity index (χ4v) is 4.78. The van der Waals surface area contributed by atoms with Gasteiger partial charge in [0.2, 0.25) is 5.91 Å². The summed E-state index contributed by atoms with van der Waals surface area (Å²) in [6.45, 7) is 8.69. The first-order chi connectivity index (χ1) is 16.9. The zero-order valence-electron chi connectivity index (χ0n) is 21.1. The van der Waals surface area contributed by atoms with Gasteiger partial charge in [-0.05, 0) is 68.0 Å². The number of fused-ring (bicyclic) bond motifs is 1. The molecular weight excluding hydrogens is 436 g/mol. The van der Waals surface area contributed by atoms with Crippen molar-refractivity contribution in [1.82, 2.24) is 9.80 Å². The highest BCUT2D eigenvalue weighted by molar-refractivity contribution is 6.05. The van der Waals surface area contributed by atoms with Crippen molar-refractivity contribution in [3.8, 4) is 11.1 Å². The van der Waals surface area contributed by atoms with Gasteiger partial charge in [-0.25, -0.2) is 4.99 Å². The first-order valence-corrected chi connectivity index (χ1v) is 12.8. The lowest BCUT2D eigenvalue weighted by molar-refractivity contribution is -0.129. The number of benzene rings is 2. The SMILES string of the molecule is CCCN(C(=O)C1=Cc2ccc(-c3ccc(C(=O)N4CCCC4)cc3)cc2N=C(N)C1)C(C)CC. The molecule has 2 heterocycles. The molecule has 0 spiro atoms. The molecule has 2 aromatic rings. The Balaban J connectivity index is 1.59. The van der Waals surface area contributed by atoms with Crippen molar-refractivity contribution >= 4 is 29.4 Å². The summed E-state index contributed by atoms with van der Waals surface area (Å²) in [5, 5.41) is 0. The van der Waals surface area contributed by atoms with Gasteiger partial charge in [0.25, 0.3) is 5.91 Å². The zero-order chi connectivity index (χ0) is 24.9. The van der Waals surface area contributed by atoms with Crippen LogP contribution in [0.3, 0.4) is 0 Å². The number of amides is 2. The Morgan fingerprint density at radius 1 is 1.06 bits per heavy atom. The molecule has 2 aromatic carbocycles. The summed E-state index contributed by atoms with van der Waals surface area (Å²) in [7, 11) is 0. The van der Waals surface area contributed by atoms with E-state index in [-0.39, 0.29) is 17.9 Å². The van der Waals surface area contributed by atoms with Crippen LogP contribution in [0.15, 0.2) is 53.0 Å². The van der Waals surface area contributed by atoms with Crippen molar-refractivity contribution in [2.24, 2.45) is 10.7 Å². The van der Waals surface area contributed by atoms with E-state index >= 15 is 0 Å². The Bertz CT molecular complexity index is 1140. The van der Waals surface area contributed by atoms with Crippen LogP contribution in [-0.2, 0) is 4.79 Å². The van der Waals surface area contributed by atoms with Gasteiger partial charge in [0.15, 0.2) is 0 Å². The summed E-state index contributed by atoms with van der Waals surface area (Å²) in [5.41, 5.74) is 11.3. The molecule has 2 aliphatic rings. The number of aliphatic imine (C=N–C) groups is 1. The van der Waals surface area contributed by atoms with Crippen LogP contribution in [-0.4, -0.2) is 53.1 Å². The smallest absolute Gasteiger partial charge is 0.253 e. The average molecular weight is 473 g/mol. The Hall–Kier alpha value is -3.41. The molecule has 6 nitrogen and oxygen atoms in total. The molecule has 0 aromatic heterocycles. The van der Waals surface area contributed by atoms with Gasteiger partial charge >= 0.3 is 0 Å². The summed E-state index contributed by atoms with van der Waals surface area (Å²) >= 11 is 0. The van der Waals surface area contributed by atoms with Crippen molar-refractivity contribution < 1.29 is 9.59 Å². The molecule has 0 aliphatic carbocycles. The molecule has 1 unspecified atom stereocenters. The molecule has 6 heteroatoms. The maximum atomic E-state index is 13.4. The molecule has 1 fully saturated rings. The van der Waals surface area contributed by atoms with Gasteiger partial charge in [-0.15, -0.1) is 0 Å². The van der Waals surface area contributed by atoms with Gasteiger partial charge in [-0.2, -0.15) is 0 Å². The van der Waals surface area contributed by atoms with Crippen molar-refractivity contribution in [1.29, 1.82) is 0 Å². The molecule has 184 valence electrons. The van der Waals surface area contributed by atoms with Crippen molar-refractivity contribution in [3.63, 3.8) is 0 Å². The van der Waals surface area contributed by atoms with Gasteiger partial charge in [0.05, 0.1) is 5.69 Å². The monoisotopic (exact) mass is 472 g/mol. The number of hydrogen-bond acceptors (Lipinski definition) is 4. The number of rotatable bonds is 7. The number of likely N-dealkylation sites (tertiary alicyclic amines) is 1. The first-order valence-electron chi connectivity index (χ1n) is 12.8. The normalized spacial score (nSPS) is 16.1. The fourth-order valence-electron chi connectivity index (χ4n) is 4.78. The second kappa shape index (κ2) is 10.9. The predicted octanol–water partition coefficient (Wildman–Crippen LogP) is 5.40. The molecule has 0 bridgehead atoms. The highest BCUT2D eigenvalue weighted by Crippen LogP contribution is 2.32. The van der Waals surface area contributed by atoms with Crippen LogP contribution in [0.4, 0.5) is 5.69 Å². The average Bonchev–Trinajstić information content (AvgIpc) is 3.36.